The molecule has 3 aliphatic heterocycles. The van der Waals surface area contributed by atoms with Gasteiger partial charge < -0.3 is 9.42 Å². The number of hydrogen-bond donors (Lipinski definition) is 0. The first-order chi connectivity index (χ1) is 13.1. The van der Waals surface area contributed by atoms with Crippen LogP contribution in [-0.2, 0) is 24.3 Å². The molecule has 3 atom stereocenters. The van der Waals surface area contributed by atoms with E-state index in [-0.39, 0.29) is 5.41 Å². The largest absolute Gasteiger partial charge is 0.364 e. The van der Waals surface area contributed by atoms with Gasteiger partial charge in [0.1, 0.15) is 6.26 Å². The average Bonchev–Trinajstić information content (AvgIpc) is 3.46. The van der Waals surface area contributed by atoms with E-state index in [0.717, 1.165) is 55.7 Å². The van der Waals surface area contributed by atoms with Gasteiger partial charge in [0.25, 0.3) is 0 Å². The molecule has 5 rings (SSSR count). The molecule has 0 saturated carbocycles. The Balaban J connectivity index is 1.39. The van der Waals surface area contributed by atoms with Gasteiger partial charge in [0.2, 0.25) is 5.91 Å². The molecule has 0 unspecified atom stereocenters. The number of hydrogen-bond acceptors (Lipinski definition) is 6. The monoisotopic (exact) mass is 386 g/mol. The van der Waals surface area contributed by atoms with Crippen molar-refractivity contribution in [1.29, 1.82) is 0 Å². The number of thiazole rings is 1. The Bertz CT molecular complexity index is 862. The Morgan fingerprint density at radius 2 is 2.33 bits per heavy atom. The van der Waals surface area contributed by atoms with Gasteiger partial charge in [0, 0.05) is 42.0 Å². The molecule has 7 heteroatoms. The first kappa shape index (κ1) is 17.4. The number of nitrogens with zero attached hydrogens (tertiary/aromatic N) is 4. The predicted molar refractivity (Wildman–Crippen MR) is 102 cm³/mol. The second kappa shape index (κ2) is 6.41. The van der Waals surface area contributed by atoms with E-state index in [2.05, 4.69) is 33.8 Å². The molecule has 0 aromatic carbocycles. The van der Waals surface area contributed by atoms with Crippen molar-refractivity contribution in [3.63, 3.8) is 0 Å². The van der Waals surface area contributed by atoms with Crippen molar-refractivity contribution in [3.8, 4) is 0 Å². The molecule has 0 aliphatic carbocycles. The van der Waals surface area contributed by atoms with Crippen molar-refractivity contribution >= 4 is 17.2 Å². The van der Waals surface area contributed by atoms with Crippen LogP contribution in [0.1, 0.15) is 54.4 Å². The van der Waals surface area contributed by atoms with E-state index in [1.165, 1.54) is 11.3 Å². The SMILES string of the molecule is CC[C@@]1(C(=O)N2CCc3nocc3C2)C[C@@H]2CC[C@H]1N2Cc1scnc1C. The van der Waals surface area contributed by atoms with Gasteiger partial charge in [-0.2, -0.15) is 0 Å². The highest BCUT2D eigenvalue weighted by atomic mass is 32.1. The van der Waals surface area contributed by atoms with Crippen molar-refractivity contribution in [1.82, 2.24) is 19.9 Å². The molecule has 2 fully saturated rings. The Morgan fingerprint density at radius 1 is 1.44 bits per heavy atom. The molecule has 5 heterocycles. The molecular weight excluding hydrogens is 360 g/mol. The molecule has 0 N–H and O–H groups in total. The Kier molecular flexibility index (Phi) is 4.13. The van der Waals surface area contributed by atoms with E-state index in [1.807, 2.05) is 5.51 Å². The fourth-order valence-corrected chi connectivity index (χ4v) is 6.36. The standard InChI is InChI=1S/C20H26N4O2S/c1-3-20(19(25)23-7-6-16-14(9-23)11-26-22-16)8-15-4-5-18(20)24(15)10-17-13(2)21-12-27-17/h11-12,15,18H,3-10H2,1-2H3/t15-,18+,20+/m0/s1. The van der Waals surface area contributed by atoms with E-state index in [1.54, 1.807) is 17.6 Å². The summed E-state index contributed by atoms with van der Waals surface area (Å²) in [7, 11) is 0. The summed E-state index contributed by atoms with van der Waals surface area (Å²) >= 11 is 1.74. The third kappa shape index (κ3) is 2.58. The highest BCUT2D eigenvalue weighted by Gasteiger charge is 2.59. The molecule has 144 valence electrons. The lowest BCUT2D eigenvalue weighted by molar-refractivity contribution is -0.145. The van der Waals surface area contributed by atoms with Crippen LogP contribution in [0.2, 0.25) is 0 Å². The number of rotatable bonds is 4. The van der Waals surface area contributed by atoms with Gasteiger partial charge in [-0.3, -0.25) is 9.69 Å². The summed E-state index contributed by atoms with van der Waals surface area (Å²) in [6, 6.07) is 0.877. The summed E-state index contributed by atoms with van der Waals surface area (Å²) in [4.78, 5) is 24.1. The molecule has 2 saturated heterocycles. The molecule has 27 heavy (non-hydrogen) atoms. The molecule has 1 amide bonds. The third-order valence-electron chi connectivity index (χ3n) is 7.10. The van der Waals surface area contributed by atoms with E-state index < -0.39 is 0 Å². The van der Waals surface area contributed by atoms with E-state index in [0.29, 0.717) is 24.5 Å². The second-order valence-corrected chi connectivity index (χ2v) is 9.20. The maximum Gasteiger partial charge on any atom is 0.230 e. The van der Waals surface area contributed by atoms with Crippen LogP contribution in [0.5, 0.6) is 0 Å². The van der Waals surface area contributed by atoms with E-state index in [9.17, 15) is 4.79 Å². The maximum atomic E-state index is 13.7. The van der Waals surface area contributed by atoms with Gasteiger partial charge in [-0.15, -0.1) is 11.3 Å². The molecule has 2 aromatic heterocycles. The maximum absolute atomic E-state index is 13.7. The van der Waals surface area contributed by atoms with Crippen molar-refractivity contribution < 1.29 is 9.32 Å². The average molecular weight is 387 g/mol. The minimum absolute atomic E-state index is 0.240. The Hall–Kier alpha value is -1.73. The summed E-state index contributed by atoms with van der Waals surface area (Å²) in [5, 5.41) is 4.06. The quantitative estimate of drug-likeness (QED) is 0.808. The molecule has 0 spiro atoms. The molecule has 2 aromatic rings. The third-order valence-corrected chi connectivity index (χ3v) is 8.02. The number of amides is 1. The summed E-state index contributed by atoms with van der Waals surface area (Å²) in [5.41, 5.74) is 4.91. The fourth-order valence-electron chi connectivity index (χ4n) is 5.58. The van der Waals surface area contributed by atoms with Crippen LogP contribution in [-0.4, -0.2) is 44.5 Å². The van der Waals surface area contributed by atoms with Gasteiger partial charge in [0.05, 0.1) is 28.9 Å². The fraction of sp³-hybridized carbons (Fsp3) is 0.650. The number of carbonyl (C=O) groups excluding carboxylic acids is 1. The number of carbonyl (C=O) groups is 1. The number of aromatic nitrogens is 2. The summed E-state index contributed by atoms with van der Waals surface area (Å²) in [5.74, 6) is 0.343. The summed E-state index contributed by atoms with van der Waals surface area (Å²) in [6.45, 7) is 6.63. The lowest BCUT2D eigenvalue weighted by Crippen LogP contribution is -2.51. The van der Waals surface area contributed by atoms with Gasteiger partial charge in [-0.05, 0) is 32.6 Å². The Labute approximate surface area is 163 Å². The lowest BCUT2D eigenvalue weighted by atomic mass is 9.70. The molecule has 3 aliphatic rings. The van der Waals surface area contributed by atoms with Crippen molar-refractivity contribution in [2.75, 3.05) is 6.54 Å². The normalized spacial score (nSPS) is 30.1. The molecular formula is C20H26N4O2S. The van der Waals surface area contributed by atoms with Gasteiger partial charge >= 0.3 is 0 Å². The lowest BCUT2D eigenvalue weighted by Gasteiger charge is -2.40. The van der Waals surface area contributed by atoms with Crippen LogP contribution in [0, 0.1) is 12.3 Å². The minimum Gasteiger partial charge on any atom is -0.364 e. The van der Waals surface area contributed by atoms with Crippen LogP contribution in [0.15, 0.2) is 16.3 Å². The first-order valence-corrected chi connectivity index (χ1v) is 10.9. The predicted octanol–water partition coefficient (Wildman–Crippen LogP) is 3.16. The van der Waals surface area contributed by atoms with E-state index in [4.69, 9.17) is 4.52 Å². The van der Waals surface area contributed by atoms with Crippen molar-refractivity contribution in [2.24, 2.45) is 5.41 Å². The molecule has 6 nitrogen and oxygen atoms in total. The minimum atomic E-state index is -0.240. The highest BCUT2D eigenvalue weighted by molar-refractivity contribution is 7.09. The number of fused-ring (bicyclic) bond motifs is 3. The summed E-state index contributed by atoms with van der Waals surface area (Å²) < 4.78 is 5.11. The van der Waals surface area contributed by atoms with Crippen LogP contribution >= 0.6 is 11.3 Å². The smallest absolute Gasteiger partial charge is 0.230 e. The van der Waals surface area contributed by atoms with Gasteiger partial charge in [0.15, 0.2) is 0 Å². The molecule has 2 bridgehead atoms. The van der Waals surface area contributed by atoms with Crippen LogP contribution in [0.4, 0.5) is 0 Å². The van der Waals surface area contributed by atoms with E-state index >= 15 is 0 Å². The topological polar surface area (TPSA) is 62.5 Å². The zero-order valence-electron chi connectivity index (χ0n) is 16.0. The van der Waals surface area contributed by atoms with Gasteiger partial charge in [-0.1, -0.05) is 12.1 Å². The first-order valence-electron chi connectivity index (χ1n) is 9.98. The van der Waals surface area contributed by atoms with Crippen LogP contribution in [0.3, 0.4) is 0 Å². The summed E-state index contributed by atoms with van der Waals surface area (Å²) in [6.07, 6.45) is 6.76. The second-order valence-electron chi connectivity index (χ2n) is 8.26. The highest BCUT2D eigenvalue weighted by Crippen LogP contribution is 2.53. The van der Waals surface area contributed by atoms with Crippen molar-refractivity contribution in [3.05, 3.63) is 33.6 Å². The van der Waals surface area contributed by atoms with Gasteiger partial charge in [-0.25, -0.2) is 4.98 Å². The van der Waals surface area contributed by atoms with Crippen LogP contribution < -0.4 is 0 Å². The number of aryl methyl sites for hydroxylation is 1. The zero-order valence-corrected chi connectivity index (χ0v) is 16.8. The Morgan fingerprint density at radius 3 is 3.11 bits per heavy atom. The molecule has 0 radical (unpaired) electrons. The zero-order chi connectivity index (χ0) is 18.6. The van der Waals surface area contributed by atoms with Crippen molar-refractivity contribution in [2.45, 2.75) is 71.1 Å². The van der Waals surface area contributed by atoms with Crippen LogP contribution in [0.25, 0.3) is 0 Å².